The molecule has 2 aliphatic rings. The SMILES string of the molecule is O=S(CC1CC(F)(F)C1)C1CCCCC1. The average Bonchev–Trinajstić information content (AvgIpc) is 2.16. The maximum Gasteiger partial charge on any atom is 0.248 e. The predicted octanol–water partition coefficient (Wildman–Crippen LogP) is 3.11. The molecule has 0 bridgehead atoms. The molecular weight excluding hydrogens is 218 g/mol. The van der Waals surface area contributed by atoms with E-state index in [0.717, 1.165) is 25.7 Å². The molecule has 0 aromatic carbocycles. The minimum Gasteiger partial charge on any atom is -0.259 e. The van der Waals surface area contributed by atoms with Crippen LogP contribution in [-0.2, 0) is 10.8 Å². The molecule has 0 saturated heterocycles. The van der Waals surface area contributed by atoms with Gasteiger partial charge in [-0.1, -0.05) is 19.3 Å². The molecule has 0 amide bonds. The van der Waals surface area contributed by atoms with Crippen molar-refractivity contribution >= 4 is 10.8 Å². The Balaban J connectivity index is 1.73. The van der Waals surface area contributed by atoms with Gasteiger partial charge in [0.2, 0.25) is 5.92 Å². The van der Waals surface area contributed by atoms with Gasteiger partial charge in [0.25, 0.3) is 0 Å². The zero-order valence-electron chi connectivity index (χ0n) is 8.88. The Hall–Kier alpha value is 0.01000. The van der Waals surface area contributed by atoms with E-state index >= 15 is 0 Å². The maximum absolute atomic E-state index is 12.6. The molecule has 0 spiro atoms. The van der Waals surface area contributed by atoms with Crippen LogP contribution in [0.25, 0.3) is 0 Å². The molecule has 4 heteroatoms. The first-order valence-electron chi connectivity index (χ1n) is 5.82. The van der Waals surface area contributed by atoms with Gasteiger partial charge >= 0.3 is 0 Å². The minimum absolute atomic E-state index is 0.0164. The van der Waals surface area contributed by atoms with Gasteiger partial charge in [0.05, 0.1) is 0 Å². The molecule has 1 nitrogen and oxygen atoms in total. The third-order valence-electron chi connectivity index (χ3n) is 3.50. The third kappa shape index (κ3) is 2.99. The maximum atomic E-state index is 12.6. The van der Waals surface area contributed by atoms with Crippen molar-refractivity contribution in [3.63, 3.8) is 0 Å². The van der Waals surface area contributed by atoms with Crippen LogP contribution in [-0.4, -0.2) is 21.1 Å². The second-order valence-corrected chi connectivity index (χ2v) is 6.70. The van der Waals surface area contributed by atoms with Gasteiger partial charge in [0, 0.05) is 34.6 Å². The smallest absolute Gasteiger partial charge is 0.248 e. The Morgan fingerprint density at radius 2 is 1.73 bits per heavy atom. The van der Waals surface area contributed by atoms with Crippen molar-refractivity contribution in [2.75, 3.05) is 5.75 Å². The summed E-state index contributed by atoms with van der Waals surface area (Å²) in [5, 5.41) is 0.299. The molecule has 15 heavy (non-hydrogen) atoms. The van der Waals surface area contributed by atoms with Crippen LogP contribution in [0.2, 0.25) is 0 Å². The summed E-state index contributed by atoms with van der Waals surface area (Å²) in [7, 11) is -0.852. The van der Waals surface area contributed by atoms with Crippen molar-refractivity contribution < 1.29 is 13.0 Å². The molecule has 0 aromatic rings. The van der Waals surface area contributed by atoms with Crippen LogP contribution < -0.4 is 0 Å². The van der Waals surface area contributed by atoms with Crippen molar-refractivity contribution in [3.05, 3.63) is 0 Å². The van der Waals surface area contributed by atoms with E-state index in [0.29, 0.717) is 11.0 Å². The molecule has 0 N–H and O–H groups in total. The van der Waals surface area contributed by atoms with Crippen LogP contribution >= 0.6 is 0 Å². The van der Waals surface area contributed by atoms with Crippen molar-refractivity contribution in [1.82, 2.24) is 0 Å². The summed E-state index contributed by atoms with van der Waals surface area (Å²) in [5.74, 6) is -1.93. The summed E-state index contributed by atoms with van der Waals surface area (Å²) < 4.78 is 37.0. The lowest BCUT2D eigenvalue weighted by Crippen LogP contribution is -2.39. The molecule has 1 atom stereocenters. The lowest BCUT2D eigenvalue weighted by Gasteiger charge is -2.35. The number of rotatable bonds is 3. The van der Waals surface area contributed by atoms with Crippen LogP contribution in [0.15, 0.2) is 0 Å². The molecule has 0 radical (unpaired) electrons. The van der Waals surface area contributed by atoms with Gasteiger partial charge < -0.3 is 0 Å². The molecular formula is C11H18F2OS. The lowest BCUT2D eigenvalue weighted by atomic mass is 9.83. The predicted molar refractivity (Wildman–Crippen MR) is 57.6 cm³/mol. The Kier molecular flexibility index (Phi) is 3.43. The van der Waals surface area contributed by atoms with Crippen LogP contribution in [0, 0.1) is 5.92 Å². The van der Waals surface area contributed by atoms with E-state index < -0.39 is 16.7 Å². The fourth-order valence-corrected chi connectivity index (χ4v) is 4.43. The van der Waals surface area contributed by atoms with Gasteiger partial charge in [-0.3, -0.25) is 4.21 Å². The van der Waals surface area contributed by atoms with E-state index in [9.17, 15) is 13.0 Å². The number of halogens is 2. The Morgan fingerprint density at radius 1 is 1.13 bits per heavy atom. The number of hydrogen-bond acceptors (Lipinski definition) is 1. The van der Waals surface area contributed by atoms with Crippen LogP contribution in [0.3, 0.4) is 0 Å². The normalized spacial score (nSPS) is 29.7. The highest BCUT2D eigenvalue weighted by atomic mass is 32.2. The van der Waals surface area contributed by atoms with Crippen LogP contribution in [0.1, 0.15) is 44.9 Å². The van der Waals surface area contributed by atoms with Gasteiger partial charge in [0.15, 0.2) is 0 Å². The first-order valence-corrected chi connectivity index (χ1v) is 7.20. The highest BCUT2D eigenvalue weighted by molar-refractivity contribution is 7.85. The molecule has 0 heterocycles. The first kappa shape index (κ1) is 11.5. The van der Waals surface area contributed by atoms with Crippen molar-refractivity contribution in [2.24, 2.45) is 5.92 Å². The third-order valence-corrected chi connectivity index (χ3v) is 5.51. The monoisotopic (exact) mass is 236 g/mol. The standard InChI is InChI=1S/C11H18F2OS/c12-11(13)6-9(7-11)8-15(14)10-4-2-1-3-5-10/h9-10H,1-8H2. The van der Waals surface area contributed by atoms with Crippen molar-refractivity contribution in [3.8, 4) is 0 Å². The molecule has 2 rings (SSSR count). The Morgan fingerprint density at radius 3 is 2.27 bits per heavy atom. The second kappa shape index (κ2) is 4.48. The molecule has 2 aliphatic carbocycles. The molecule has 1 unspecified atom stereocenters. The van der Waals surface area contributed by atoms with E-state index in [-0.39, 0.29) is 18.8 Å². The highest BCUT2D eigenvalue weighted by Gasteiger charge is 2.45. The summed E-state index contributed by atoms with van der Waals surface area (Å²) in [6.45, 7) is 0. The zero-order valence-corrected chi connectivity index (χ0v) is 9.70. The summed E-state index contributed by atoms with van der Waals surface area (Å²) in [5.41, 5.74) is 0. The minimum atomic E-state index is -2.46. The van der Waals surface area contributed by atoms with Gasteiger partial charge in [0.1, 0.15) is 0 Å². The first-order chi connectivity index (χ1) is 7.07. The second-order valence-electron chi connectivity index (χ2n) is 4.94. The quantitative estimate of drug-likeness (QED) is 0.736. The molecule has 2 saturated carbocycles. The van der Waals surface area contributed by atoms with Gasteiger partial charge in [-0.2, -0.15) is 0 Å². The van der Waals surface area contributed by atoms with E-state index in [1.807, 2.05) is 0 Å². The Bertz CT molecular complexity index is 241. The average molecular weight is 236 g/mol. The summed E-state index contributed by atoms with van der Waals surface area (Å²) in [4.78, 5) is 0. The largest absolute Gasteiger partial charge is 0.259 e. The summed E-state index contributed by atoms with van der Waals surface area (Å²) in [6, 6.07) is 0. The summed E-state index contributed by atoms with van der Waals surface area (Å²) >= 11 is 0. The fourth-order valence-electron chi connectivity index (χ4n) is 2.60. The fraction of sp³-hybridized carbons (Fsp3) is 1.00. The van der Waals surface area contributed by atoms with E-state index in [1.54, 1.807) is 0 Å². The molecule has 2 fully saturated rings. The van der Waals surface area contributed by atoms with Crippen LogP contribution in [0.4, 0.5) is 8.78 Å². The van der Waals surface area contributed by atoms with Crippen molar-refractivity contribution in [1.29, 1.82) is 0 Å². The van der Waals surface area contributed by atoms with Gasteiger partial charge in [-0.05, 0) is 18.8 Å². The number of alkyl halides is 2. The molecule has 0 aliphatic heterocycles. The summed E-state index contributed by atoms with van der Waals surface area (Å²) in [6.07, 6.45) is 5.58. The van der Waals surface area contributed by atoms with E-state index in [4.69, 9.17) is 0 Å². The van der Waals surface area contributed by atoms with Gasteiger partial charge in [-0.25, -0.2) is 8.78 Å². The van der Waals surface area contributed by atoms with E-state index in [2.05, 4.69) is 0 Å². The topological polar surface area (TPSA) is 17.1 Å². The molecule has 0 aromatic heterocycles. The number of hydrogen-bond donors (Lipinski definition) is 0. The highest BCUT2D eigenvalue weighted by Crippen LogP contribution is 2.43. The van der Waals surface area contributed by atoms with Crippen LogP contribution in [0.5, 0.6) is 0 Å². The Labute approximate surface area is 92.1 Å². The lowest BCUT2D eigenvalue weighted by molar-refractivity contribution is -0.103. The van der Waals surface area contributed by atoms with Crippen molar-refractivity contribution in [2.45, 2.75) is 56.1 Å². The molecule has 88 valence electrons. The van der Waals surface area contributed by atoms with Gasteiger partial charge in [-0.15, -0.1) is 0 Å². The zero-order chi connectivity index (χ0) is 10.9. The van der Waals surface area contributed by atoms with E-state index in [1.165, 1.54) is 6.42 Å².